The highest BCUT2D eigenvalue weighted by atomic mass is 16.2. The van der Waals surface area contributed by atoms with Gasteiger partial charge in [0, 0.05) is 6.61 Å². The van der Waals surface area contributed by atoms with Crippen molar-refractivity contribution in [3.8, 4) is 0 Å². The maximum atomic E-state index is 8.60. The lowest BCUT2D eigenvalue weighted by Gasteiger charge is -1.97. The third-order valence-electron chi connectivity index (χ3n) is 2.67. The van der Waals surface area contributed by atoms with Crippen molar-refractivity contribution in [2.24, 2.45) is 0 Å². The minimum absolute atomic E-state index is 0.358. The zero-order chi connectivity index (χ0) is 11.2. The first-order valence-electron chi connectivity index (χ1n) is 6.67. The minimum Gasteiger partial charge on any atom is -0.396 e. The average Bonchev–Trinajstić information content (AvgIpc) is 2.26. The monoisotopic (exact) mass is 212 g/mol. The number of rotatable bonds is 11. The predicted octanol–water partition coefficient (Wildman–Crippen LogP) is 4.46. The molecule has 1 nitrogen and oxygen atoms in total. The van der Waals surface area contributed by atoms with E-state index in [9.17, 15) is 0 Å². The summed E-state index contributed by atoms with van der Waals surface area (Å²) in [5.41, 5.74) is 0. The summed E-state index contributed by atoms with van der Waals surface area (Å²) in [6.07, 6.45) is 17.3. The fourth-order valence-corrected chi connectivity index (χ4v) is 1.65. The highest BCUT2D eigenvalue weighted by Gasteiger charge is 1.88. The van der Waals surface area contributed by atoms with Crippen LogP contribution in [0.3, 0.4) is 0 Å². The second kappa shape index (κ2) is 13.7. The van der Waals surface area contributed by atoms with Gasteiger partial charge in [0.1, 0.15) is 0 Å². The zero-order valence-corrected chi connectivity index (χ0v) is 10.4. The van der Waals surface area contributed by atoms with E-state index in [1.807, 2.05) is 0 Å². The highest BCUT2D eigenvalue weighted by Crippen LogP contribution is 2.06. The Balaban J connectivity index is 2.96. The Kier molecular flexibility index (Phi) is 13.4. The fourth-order valence-electron chi connectivity index (χ4n) is 1.65. The van der Waals surface area contributed by atoms with Crippen LogP contribution in [0.2, 0.25) is 0 Å². The largest absolute Gasteiger partial charge is 0.396 e. The van der Waals surface area contributed by atoms with Crippen LogP contribution in [0.25, 0.3) is 0 Å². The van der Waals surface area contributed by atoms with E-state index in [0.717, 1.165) is 6.42 Å². The van der Waals surface area contributed by atoms with Gasteiger partial charge in [-0.1, -0.05) is 51.2 Å². The Morgan fingerprint density at radius 3 is 1.87 bits per heavy atom. The summed E-state index contributed by atoms with van der Waals surface area (Å²) in [5.74, 6) is 0. The summed E-state index contributed by atoms with van der Waals surface area (Å²) < 4.78 is 0. The second-order valence-corrected chi connectivity index (χ2v) is 4.25. The molecule has 1 heteroatoms. The molecule has 0 heterocycles. The van der Waals surface area contributed by atoms with Gasteiger partial charge in [0.2, 0.25) is 0 Å². The number of unbranched alkanes of at least 4 members (excludes halogenated alkanes) is 8. The predicted molar refractivity (Wildman–Crippen MR) is 68.1 cm³/mol. The zero-order valence-electron chi connectivity index (χ0n) is 10.4. The number of hydrogen-bond acceptors (Lipinski definition) is 1. The van der Waals surface area contributed by atoms with Gasteiger partial charge in [-0.2, -0.15) is 0 Å². The Morgan fingerprint density at radius 1 is 0.733 bits per heavy atom. The van der Waals surface area contributed by atoms with Crippen LogP contribution in [0.1, 0.15) is 71.1 Å². The molecule has 0 aliphatic carbocycles. The smallest absolute Gasteiger partial charge is 0.0431 e. The number of aliphatic hydroxyl groups excluding tert-OH is 1. The summed E-state index contributed by atoms with van der Waals surface area (Å²) in [7, 11) is 0. The molecule has 0 aliphatic heterocycles. The molecule has 0 saturated heterocycles. The van der Waals surface area contributed by atoms with Crippen LogP contribution in [0, 0.1) is 0 Å². The summed E-state index contributed by atoms with van der Waals surface area (Å²) in [6.45, 7) is 2.60. The van der Waals surface area contributed by atoms with Crippen LogP contribution in [0.4, 0.5) is 0 Å². The van der Waals surface area contributed by atoms with Crippen LogP contribution in [0.5, 0.6) is 0 Å². The Morgan fingerprint density at radius 2 is 1.27 bits per heavy atom. The Labute approximate surface area is 95.6 Å². The molecule has 0 saturated carbocycles. The lowest BCUT2D eigenvalue weighted by molar-refractivity contribution is 0.282. The molecule has 0 fully saturated rings. The summed E-state index contributed by atoms with van der Waals surface area (Å²) in [6, 6.07) is 0. The van der Waals surface area contributed by atoms with Gasteiger partial charge < -0.3 is 5.11 Å². The number of allylic oxidation sites excluding steroid dienone is 2. The molecular weight excluding hydrogens is 184 g/mol. The molecule has 1 N–H and O–H groups in total. The average molecular weight is 212 g/mol. The summed E-state index contributed by atoms with van der Waals surface area (Å²) in [4.78, 5) is 0. The fraction of sp³-hybridized carbons (Fsp3) is 0.857. The van der Waals surface area contributed by atoms with Gasteiger partial charge in [0.05, 0.1) is 0 Å². The molecule has 0 atom stereocenters. The van der Waals surface area contributed by atoms with Gasteiger partial charge in [-0.25, -0.2) is 0 Å². The van der Waals surface area contributed by atoms with Crippen molar-refractivity contribution in [1.29, 1.82) is 0 Å². The molecule has 0 amide bonds. The van der Waals surface area contributed by atoms with Gasteiger partial charge in [0.15, 0.2) is 0 Å². The van der Waals surface area contributed by atoms with Crippen molar-refractivity contribution in [2.45, 2.75) is 71.1 Å². The van der Waals surface area contributed by atoms with E-state index >= 15 is 0 Å². The molecule has 0 spiro atoms. The van der Waals surface area contributed by atoms with E-state index in [1.54, 1.807) is 0 Å². The minimum atomic E-state index is 0.358. The van der Waals surface area contributed by atoms with Gasteiger partial charge in [0.25, 0.3) is 0 Å². The summed E-state index contributed by atoms with van der Waals surface area (Å²) in [5, 5.41) is 8.60. The van der Waals surface area contributed by atoms with Crippen LogP contribution >= 0.6 is 0 Å². The van der Waals surface area contributed by atoms with Gasteiger partial charge in [-0.3, -0.25) is 0 Å². The highest BCUT2D eigenvalue weighted by molar-refractivity contribution is 4.81. The lowest BCUT2D eigenvalue weighted by Crippen LogP contribution is -1.83. The van der Waals surface area contributed by atoms with Crippen LogP contribution < -0.4 is 0 Å². The first-order valence-corrected chi connectivity index (χ1v) is 6.67. The number of aliphatic hydroxyl groups is 1. The third kappa shape index (κ3) is 13.7. The van der Waals surface area contributed by atoms with Crippen LogP contribution in [-0.4, -0.2) is 11.7 Å². The molecule has 0 aliphatic rings. The molecule has 0 radical (unpaired) electrons. The van der Waals surface area contributed by atoms with E-state index in [1.165, 1.54) is 57.8 Å². The maximum absolute atomic E-state index is 8.60. The van der Waals surface area contributed by atoms with E-state index in [0.29, 0.717) is 6.61 Å². The molecule has 15 heavy (non-hydrogen) atoms. The van der Waals surface area contributed by atoms with Crippen molar-refractivity contribution >= 4 is 0 Å². The van der Waals surface area contributed by atoms with Crippen molar-refractivity contribution in [2.75, 3.05) is 6.61 Å². The third-order valence-corrected chi connectivity index (χ3v) is 2.67. The second-order valence-electron chi connectivity index (χ2n) is 4.25. The van der Waals surface area contributed by atoms with Gasteiger partial charge in [-0.05, 0) is 32.1 Å². The topological polar surface area (TPSA) is 20.2 Å². The van der Waals surface area contributed by atoms with E-state index in [-0.39, 0.29) is 0 Å². The molecule has 0 aromatic rings. The molecule has 0 bridgehead atoms. The molecular formula is C14H28O. The quantitative estimate of drug-likeness (QED) is 0.396. The van der Waals surface area contributed by atoms with E-state index < -0.39 is 0 Å². The van der Waals surface area contributed by atoms with Gasteiger partial charge in [-0.15, -0.1) is 0 Å². The first kappa shape index (κ1) is 14.7. The Hall–Kier alpha value is -0.300. The molecule has 0 aromatic carbocycles. The van der Waals surface area contributed by atoms with Crippen molar-refractivity contribution in [3.05, 3.63) is 12.2 Å². The van der Waals surface area contributed by atoms with E-state index in [4.69, 9.17) is 5.11 Å². The number of hydrogen-bond donors (Lipinski definition) is 1. The van der Waals surface area contributed by atoms with Crippen molar-refractivity contribution < 1.29 is 5.11 Å². The Bertz CT molecular complexity index is 129. The standard InChI is InChI=1S/C14H28O/c1-2-3-4-5-6-7-8-9-10-11-12-13-14-15/h6-7,15H,2-5,8-14H2,1H3/b7-6+. The molecule has 0 rings (SSSR count). The molecule has 90 valence electrons. The first-order chi connectivity index (χ1) is 7.41. The van der Waals surface area contributed by atoms with Gasteiger partial charge >= 0.3 is 0 Å². The maximum Gasteiger partial charge on any atom is 0.0431 e. The summed E-state index contributed by atoms with van der Waals surface area (Å²) >= 11 is 0. The molecule has 0 aromatic heterocycles. The lowest BCUT2D eigenvalue weighted by atomic mass is 10.1. The normalized spacial score (nSPS) is 11.3. The van der Waals surface area contributed by atoms with Crippen LogP contribution in [0.15, 0.2) is 12.2 Å². The SMILES string of the molecule is CCCCC/C=C/CCCCCCCO. The van der Waals surface area contributed by atoms with Crippen molar-refractivity contribution in [3.63, 3.8) is 0 Å². The van der Waals surface area contributed by atoms with Crippen LogP contribution in [-0.2, 0) is 0 Å². The molecule has 0 unspecified atom stereocenters. The van der Waals surface area contributed by atoms with E-state index in [2.05, 4.69) is 19.1 Å². The van der Waals surface area contributed by atoms with Crippen molar-refractivity contribution in [1.82, 2.24) is 0 Å².